The lowest BCUT2D eigenvalue weighted by Crippen LogP contribution is -2.34. The fourth-order valence-electron chi connectivity index (χ4n) is 5.65. The summed E-state index contributed by atoms with van der Waals surface area (Å²) in [7, 11) is 3.33. The number of ether oxygens (including phenoxy) is 2. The summed E-state index contributed by atoms with van der Waals surface area (Å²) in [6.45, 7) is 5.48. The molecule has 3 aromatic heterocycles. The molecule has 0 saturated carbocycles. The molecule has 0 fully saturated rings. The average Bonchev–Trinajstić information content (AvgIpc) is 3.14. The van der Waals surface area contributed by atoms with Crippen LogP contribution in [0.25, 0.3) is 10.9 Å². The van der Waals surface area contributed by atoms with Gasteiger partial charge < -0.3 is 19.3 Å². The van der Waals surface area contributed by atoms with Gasteiger partial charge >= 0.3 is 0 Å². The monoisotopic (exact) mass is 717 g/mol. The van der Waals surface area contributed by atoms with Crippen molar-refractivity contribution in [3.63, 3.8) is 0 Å². The number of aromatic nitrogens is 5. The maximum absolute atomic E-state index is 14.2. The Bertz CT molecular complexity index is 1980. The molecule has 6 aromatic rings. The maximum atomic E-state index is 14.2. The molecule has 11 heteroatoms. The van der Waals surface area contributed by atoms with Crippen molar-refractivity contribution in [3.05, 3.63) is 142 Å². The molecule has 0 saturated heterocycles. The molecule has 1 unspecified atom stereocenters. The van der Waals surface area contributed by atoms with Gasteiger partial charge in [0.15, 0.2) is 0 Å². The number of fused-ring (bicyclic) bond motifs is 1. The Hall–Kier alpha value is -5.42. The van der Waals surface area contributed by atoms with E-state index in [1.807, 2.05) is 61.5 Å². The highest BCUT2D eigenvalue weighted by Gasteiger charge is 2.26. The Kier molecular flexibility index (Phi) is 10.4. The van der Waals surface area contributed by atoms with Crippen molar-refractivity contribution in [3.8, 4) is 11.5 Å². The van der Waals surface area contributed by atoms with Gasteiger partial charge in [-0.2, -0.15) is 5.10 Å². The maximum Gasteiger partial charge on any atom is 0.254 e. The van der Waals surface area contributed by atoms with E-state index in [9.17, 15) is 4.79 Å². The molecule has 0 aliphatic rings. The van der Waals surface area contributed by atoms with Gasteiger partial charge in [0, 0.05) is 36.4 Å². The lowest BCUT2D eigenvalue weighted by atomic mass is 10.1. The molecule has 6 rings (SSSR count). The highest BCUT2D eigenvalue weighted by Crippen LogP contribution is 2.29. The third-order valence-corrected chi connectivity index (χ3v) is 8.72. The highest BCUT2D eigenvalue weighted by molar-refractivity contribution is 9.10. The second-order valence-electron chi connectivity index (χ2n) is 11.7. The quantitative estimate of drug-likeness (QED) is 0.127. The van der Waals surface area contributed by atoms with Gasteiger partial charge in [-0.3, -0.25) is 4.79 Å². The molecule has 0 radical (unpaired) electrons. The summed E-state index contributed by atoms with van der Waals surface area (Å²) >= 11 is 3.34. The van der Waals surface area contributed by atoms with Gasteiger partial charge in [-0.15, -0.1) is 5.10 Å². The minimum atomic E-state index is -0.415. The zero-order valence-corrected chi connectivity index (χ0v) is 29.3. The van der Waals surface area contributed by atoms with Gasteiger partial charge in [0.05, 0.1) is 38.0 Å². The summed E-state index contributed by atoms with van der Waals surface area (Å²) in [5.74, 6) is 2.85. The van der Waals surface area contributed by atoms with Crippen molar-refractivity contribution in [2.24, 2.45) is 0 Å². The van der Waals surface area contributed by atoms with E-state index in [4.69, 9.17) is 14.5 Å². The van der Waals surface area contributed by atoms with Crippen LogP contribution in [-0.2, 0) is 19.6 Å². The van der Waals surface area contributed by atoms with Gasteiger partial charge in [0.25, 0.3) is 5.91 Å². The van der Waals surface area contributed by atoms with E-state index in [1.54, 1.807) is 37.6 Å². The Morgan fingerprint density at radius 1 is 0.796 bits per heavy atom. The zero-order valence-electron chi connectivity index (χ0n) is 27.7. The minimum Gasteiger partial charge on any atom is -0.497 e. The summed E-state index contributed by atoms with van der Waals surface area (Å²) in [5, 5.41) is 9.26. The topological polar surface area (TPSA) is 106 Å². The molecule has 1 atom stereocenters. The van der Waals surface area contributed by atoms with Crippen molar-refractivity contribution in [1.29, 1.82) is 0 Å². The first-order valence-corrected chi connectivity index (χ1v) is 16.6. The Balaban J connectivity index is 1.33. The molecule has 49 heavy (non-hydrogen) atoms. The van der Waals surface area contributed by atoms with E-state index in [-0.39, 0.29) is 12.5 Å². The van der Waals surface area contributed by atoms with E-state index in [1.165, 1.54) is 0 Å². The molecule has 10 nitrogen and oxygen atoms in total. The van der Waals surface area contributed by atoms with Crippen LogP contribution in [0.1, 0.15) is 51.5 Å². The number of aryl methyl sites for hydroxylation is 1. The summed E-state index contributed by atoms with van der Waals surface area (Å²) in [6, 6.07) is 28.9. The van der Waals surface area contributed by atoms with E-state index < -0.39 is 6.04 Å². The summed E-state index contributed by atoms with van der Waals surface area (Å²) in [4.78, 5) is 32.2. The van der Waals surface area contributed by atoms with E-state index >= 15 is 0 Å². The lowest BCUT2D eigenvalue weighted by Gasteiger charge is -2.28. The summed E-state index contributed by atoms with van der Waals surface area (Å²) in [5.41, 5.74) is 5.22. The highest BCUT2D eigenvalue weighted by atomic mass is 79.9. The molecular weight excluding hydrogens is 682 g/mol. The number of hydrogen-bond donors (Lipinski definition) is 0. The van der Waals surface area contributed by atoms with Crippen LogP contribution in [0.5, 0.6) is 11.5 Å². The van der Waals surface area contributed by atoms with Gasteiger partial charge in [0.2, 0.25) is 0 Å². The number of methoxy groups -OCH3 is 2. The normalized spacial score (nSPS) is 11.6. The third-order valence-electron chi connectivity index (χ3n) is 8.30. The van der Waals surface area contributed by atoms with Crippen molar-refractivity contribution < 1.29 is 14.3 Å². The lowest BCUT2D eigenvalue weighted by molar-refractivity contribution is 0.0663. The van der Waals surface area contributed by atoms with E-state index in [0.29, 0.717) is 34.8 Å². The third kappa shape index (κ3) is 8.01. The molecule has 248 valence electrons. The van der Waals surface area contributed by atoms with Crippen molar-refractivity contribution in [1.82, 2.24) is 30.0 Å². The predicted molar refractivity (Wildman–Crippen MR) is 192 cm³/mol. The number of carbonyl (C=O) groups is 1. The molecule has 3 aromatic carbocycles. The number of pyridine rings is 1. The van der Waals surface area contributed by atoms with Gasteiger partial charge in [-0.1, -0.05) is 24.3 Å². The first-order chi connectivity index (χ1) is 23.8. The minimum absolute atomic E-state index is 0.172. The fourth-order valence-corrected chi connectivity index (χ4v) is 5.86. The summed E-state index contributed by atoms with van der Waals surface area (Å²) in [6.07, 6.45) is 3.35. The molecule has 0 aliphatic heterocycles. The molecule has 0 aliphatic carbocycles. The molecule has 1 amide bonds. The van der Waals surface area contributed by atoms with Crippen LogP contribution in [-0.4, -0.2) is 50.2 Å². The zero-order chi connectivity index (χ0) is 34.3. The predicted octanol–water partition coefficient (Wildman–Crippen LogP) is 7.51. The largest absolute Gasteiger partial charge is 0.497 e. The number of hydrogen-bond acceptors (Lipinski definition) is 9. The van der Waals surface area contributed by atoms with E-state index in [2.05, 4.69) is 78.3 Å². The average molecular weight is 719 g/mol. The number of anilines is 1. The molecule has 0 spiro atoms. The van der Waals surface area contributed by atoms with Crippen molar-refractivity contribution in [2.75, 3.05) is 19.1 Å². The second kappa shape index (κ2) is 15.2. The first-order valence-electron chi connectivity index (χ1n) is 15.8. The van der Waals surface area contributed by atoms with Crippen LogP contribution < -0.4 is 14.4 Å². The first kappa shape index (κ1) is 33.5. The molecule has 0 bridgehead atoms. The number of benzene rings is 3. The Labute approximate surface area is 293 Å². The molecular formula is C38H36BrN7O3. The number of amides is 1. The number of halogens is 1. The summed E-state index contributed by atoms with van der Waals surface area (Å²) < 4.78 is 11.4. The van der Waals surface area contributed by atoms with Crippen molar-refractivity contribution >= 4 is 38.6 Å². The van der Waals surface area contributed by atoms with Gasteiger partial charge in [-0.05, 0) is 113 Å². The number of rotatable bonds is 12. The van der Waals surface area contributed by atoms with Crippen LogP contribution in [0.15, 0.2) is 108 Å². The van der Waals surface area contributed by atoms with Crippen LogP contribution in [0.4, 0.5) is 5.82 Å². The number of carbonyl (C=O) groups excluding carboxylic acids is 1. The fraction of sp³-hybridized carbons (Fsp3) is 0.211. The number of nitrogens with zero attached hydrogens (tertiary/aromatic N) is 7. The van der Waals surface area contributed by atoms with Crippen LogP contribution in [0.2, 0.25) is 0 Å². The van der Waals surface area contributed by atoms with Crippen LogP contribution in [0, 0.1) is 6.92 Å². The standard InChI is InChI=1S/C38H36BrN7O3/c1-25-20-30-21-29(38(47)46(24-31-11-17-35(39)44-43-31)26(2)36-40-18-5-19-41-36)10-16-34(30)42-37(25)45(22-27-6-12-32(48-3)13-7-27)23-28-8-14-33(49-4)15-9-28/h5-21,26H,22-24H2,1-4H3. The Morgan fingerprint density at radius 3 is 2.00 bits per heavy atom. The molecule has 3 heterocycles. The van der Waals surface area contributed by atoms with Gasteiger partial charge in [0.1, 0.15) is 27.7 Å². The van der Waals surface area contributed by atoms with Crippen molar-refractivity contribution in [2.45, 2.75) is 39.5 Å². The van der Waals surface area contributed by atoms with Crippen LogP contribution >= 0.6 is 15.9 Å². The SMILES string of the molecule is COc1ccc(CN(Cc2ccc(OC)cc2)c2nc3ccc(C(=O)N(Cc4ccc(Br)nn4)C(C)c4ncccn4)cc3cc2C)cc1. The van der Waals surface area contributed by atoms with E-state index in [0.717, 1.165) is 44.9 Å². The van der Waals surface area contributed by atoms with Crippen LogP contribution in [0.3, 0.4) is 0 Å². The Morgan fingerprint density at radius 2 is 1.43 bits per heavy atom. The second-order valence-corrected chi connectivity index (χ2v) is 12.5. The smallest absolute Gasteiger partial charge is 0.254 e. The van der Waals surface area contributed by atoms with Gasteiger partial charge in [-0.25, -0.2) is 15.0 Å². The molecule has 0 N–H and O–H groups in total.